The molecule has 0 aliphatic carbocycles. The van der Waals surface area contributed by atoms with Gasteiger partial charge in [-0.3, -0.25) is 4.79 Å². The van der Waals surface area contributed by atoms with E-state index in [0.717, 1.165) is 5.56 Å². The number of benzene rings is 1. The maximum absolute atomic E-state index is 11.6. The number of nitrogens with one attached hydrogen (secondary N) is 1. The molecule has 1 N–H and O–H groups in total. The van der Waals surface area contributed by atoms with E-state index in [2.05, 4.69) is 5.32 Å². The minimum Gasteiger partial charge on any atom is -0.340 e. The first-order valence-electron chi connectivity index (χ1n) is 5.36. The van der Waals surface area contributed by atoms with Crippen LogP contribution in [-0.4, -0.2) is 11.9 Å². The van der Waals surface area contributed by atoms with Crippen molar-refractivity contribution in [3.8, 4) is 12.1 Å². The van der Waals surface area contributed by atoms with Crippen LogP contribution in [0.5, 0.6) is 0 Å². The van der Waals surface area contributed by atoms with Crippen molar-refractivity contribution in [1.82, 2.24) is 5.32 Å². The van der Waals surface area contributed by atoms with E-state index in [9.17, 15) is 4.79 Å². The molecule has 1 unspecified atom stereocenters. The zero-order chi connectivity index (χ0) is 12.5. The van der Waals surface area contributed by atoms with Gasteiger partial charge < -0.3 is 5.32 Å². The fraction of sp³-hybridized carbons (Fsp3) is 0.308. The lowest BCUT2D eigenvalue weighted by Crippen LogP contribution is -2.34. The number of nitrogens with zero attached hydrogens (tertiary/aromatic N) is 2. The molecule has 0 aliphatic rings. The van der Waals surface area contributed by atoms with Crippen molar-refractivity contribution in [2.45, 2.75) is 25.3 Å². The van der Waals surface area contributed by atoms with E-state index in [1.54, 1.807) is 0 Å². The van der Waals surface area contributed by atoms with Gasteiger partial charge in [-0.15, -0.1) is 0 Å². The van der Waals surface area contributed by atoms with Crippen LogP contribution in [0.25, 0.3) is 0 Å². The molecule has 0 spiro atoms. The fourth-order valence-electron chi connectivity index (χ4n) is 1.40. The Morgan fingerprint density at radius 2 is 2.00 bits per heavy atom. The van der Waals surface area contributed by atoms with E-state index < -0.39 is 6.04 Å². The molecule has 0 aromatic heterocycles. The molecule has 0 heterocycles. The van der Waals surface area contributed by atoms with Gasteiger partial charge in [0.2, 0.25) is 5.91 Å². The molecule has 1 rings (SSSR count). The zero-order valence-corrected chi connectivity index (χ0v) is 9.39. The van der Waals surface area contributed by atoms with Crippen LogP contribution in [-0.2, 0) is 11.2 Å². The average molecular weight is 227 g/mol. The smallest absolute Gasteiger partial charge is 0.225 e. The fourth-order valence-corrected chi connectivity index (χ4v) is 1.40. The molecule has 0 aliphatic heterocycles. The Morgan fingerprint density at radius 1 is 1.29 bits per heavy atom. The van der Waals surface area contributed by atoms with Crippen LogP contribution in [0.3, 0.4) is 0 Å². The van der Waals surface area contributed by atoms with Gasteiger partial charge in [0.1, 0.15) is 6.04 Å². The van der Waals surface area contributed by atoms with E-state index >= 15 is 0 Å². The van der Waals surface area contributed by atoms with Gasteiger partial charge in [0.25, 0.3) is 0 Å². The maximum atomic E-state index is 11.6. The van der Waals surface area contributed by atoms with Crippen LogP contribution in [0.15, 0.2) is 30.3 Å². The minimum atomic E-state index is -0.578. The molecule has 0 bridgehead atoms. The summed E-state index contributed by atoms with van der Waals surface area (Å²) in [7, 11) is 0. The second-order valence-corrected chi connectivity index (χ2v) is 3.61. The van der Waals surface area contributed by atoms with Gasteiger partial charge in [-0.2, -0.15) is 10.5 Å². The number of hydrogen-bond donors (Lipinski definition) is 1. The maximum Gasteiger partial charge on any atom is 0.225 e. The van der Waals surface area contributed by atoms with Crippen molar-refractivity contribution < 1.29 is 4.79 Å². The average Bonchev–Trinajstić information content (AvgIpc) is 2.35. The molecule has 1 aromatic carbocycles. The van der Waals surface area contributed by atoms with Gasteiger partial charge >= 0.3 is 0 Å². The summed E-state index contributed by atoms with van der Waals surface area (Å²) in [6.45, 7) is 0. The molecule has 1 amide bonds. The normalized spacial score (nSPS) is 10.9. The summed E-state index contributed by atoms with van der Waals surface area (Å²) in [6.07, 6.45) is 0.892. The highest BCUT2D eigenvalue weighted by atomic mass is 16.1. The summed E-state index contributed by atoms with van der Waals surface area (Å²) in [5.41, 5.74) is 0.905. The Kier molecular flexibility index (Phi) is 5.27. The lowest BCUT2D eigenvalue weighted by Gasteiger charge is -2.09. The van der Waals surface area contributed by atoms with Crippen LogP contribution < -0.4 is 5.32 Å². The van der Waals surface area contributed by atoms with Crippen molar-refractivity contribution in [3.63, 3.8) is 0 Å². The summed E-state index contributed by atoms with van der Waals surface area (Å²) in [5.74, 6) is -0.194. The third-order valence-electron chi connectivity index (χ3n) is 2.24. The number of hydrogen-bond acceptors (Lipinski definition) is 3. The molecule has 0 saturated heterocycles. The predicted molar refractivity (Wildman–Crippen MR) is 62.5 cm³/mol. The quantitative estimate of drug-likeness (QED) is 0.828. The second-order valence-electron chi connectivity index (χ2n) is 3.61. The van der Waals surface area contributed by atoms with Gasteiger partial charge in [-0.05, 0) is 12.0 Å². The van der Waals surface area contributed by atoms with Crippen molar-refractivity contribution in [2.24, 2.45) is 0 Å². The van der Waals surface area contributed by atoms with Crippen molar-refractivity contribution >= 4 is 5.91 Å². The van der Waals surface area contributed by atoms with Crippen LogP contribution >= 0.6 is 0 Å². The van der Waals surface area contributed by atoms with Gasteiger partial charge in [-0.1, -0.05) is 30.3 Å². The zero-order valence-electron chi connectivity index (χ0n) is 9.39. The molecule has 17 heavy (non-hydrogen) atoms. The molecule has 0 saturated carbocycles. The molecule has 0 radical (unpaired) electrons. The molecule has 4 nitrogen and oxygen atoms in total. The number of nitriles is 2. The molecular formula is C13H13N3O. The topological polar surface area (TPSA) is 76.7 Å². The first-order chi connectivity index (χ1) is 8.26. The Morgan fingerprint density at radius 3 is 2.59 bits per heavy atom. The van der Waals surface area contributed by atoms with Gasteiger partial charge in [0, 0.05) is 6.42 Å². The lowest BCUT2D eigenvalue weighted by atomic mass is 10.1. The predicted octanol–water partition coefficient (Wildman–Crippen LogP) is 1.54. The Balaban J connectivity index is 2.44. The summed E-state index contributed by atoms with van der Waals surface area (Å²) in [5, 5.41) is 19.8. The Labute approximate surface area is 100 Å². The van der Waals surface area contributed by atoms with Crippen LogP contribution in [0.2, 0.25) is 0 Å². The molecule has 86 valence electrons. The number of rotatable bonds is 5. The molecular weight excluding hydrogens is 214 g/mol. The van der Waals surface area contributed by atoms with Crippen molar-refractivity contribution in [3.05, 3.63) is 35.9 Å². The first kappa shape index (κ1) is 12.7. The van der Waals surface area contributed by atoms with E-state index in [1.165, 1.54) is 0 Å². The summed E-state index contributed by atoms with van der Waals surface area (Å²) >= 11 is 0. The van der Waals surface area contributed by atoms with E-state index in [1.807, 2.05) is 42.5 Å². The first-order valence-corrected chi connectivity index (χ1v) is 5.36. The third kappa shape index (κ3) is 4.81. The third-order valence-corrected chi connectivity index (χ3v) is 2.24. The van der Waals surface area contributed by atoms with E-state index in [-0.39, 0.29) is 18.7 Å². The number of amides is 1. The van der Waals surface area contributed by atoms with Crippen LogP contribution in [0.1, 0.15) is 18.4 Å². The largest absolute Gasteiger partial charge is 0.340 e. The molecule has 1 atom stereocenters. The van der Waals surface area contributed by atoms with Crippen LogP contribution in [0, 0.1) is 22.7 Å². The van der Waals surface area contributed by atoms with E-state index in [4.69, 9.17) is 10.5 Å². The van der Waals surface area contributed by atoms with Crippen molar-refractivity contribution in [2.75, 3.05) is 0 Å². The molecule has 1 aromatic rings. The highest BCUT2D eigenvalue weighted by molar-refractivity contribution is 5.79. The van der Waals surface area contributed by atoms with Crippen LogP contribution in [0.4, 0.5) is 0 Å². The van der Waals surface area contributed by atoms with E-state index in [0.29, 0.717) is 6.42 Å². The highest BCUT2D eigenvalue weighted by Crippen LogP contribution is 2.01. The standard InChI is InChI=1S/C13H13N3O/c14-8-4-7-12(10-15)16-13(17)9-11-5-2-1-3-6-11/h1-3,5-6,12H,4,7,9H2,(H,16,17). The molecule has 0 fully saturated rings. The number of carbonyl (C=O) groups excluding carboxylic acids is 1. The summed E-state index contributed by atoms with van der Waals surface area (Å²) in [4.78, 5) is 11.6. The molecule has 4 heteroatoms. The van der Waals surface area contributed by atoms with Gasteiger partial charge in [0.15, 0.2) is 0 Å². The summed E-state index contributed by atoms with van der Waals surface area (Å²) in [6, 6.07) is 12.7. The Hall–Kier alpha value is -2.33. The monoisotopic (exact) mass is 227 g/mol. The Bertz CT molecular complexity index is 442. The summed E-state index contributed by atoms with van der Waals surface area (Å²) < 4.78 is 0. The highest BCUT2D eigenvalue weighted by Gasteiger charge is 2.11. The SMILES string of the molecule is N#CCCC(C#N)NC(=O)Cc1ccccc1. The number of carbonyl (C=O) groups is 1. The second kappa shape index (κ2) is 7.03. The van der Waals surface area contributed by atoms with Gasteiger partial charge in [-0.25, -0.2) is 0 Å². The van der Waals surface area contributed by atoms with Crippen molar-refractivity contribution in [1.29, 1.82) is 10.5 Å². The lowest BCUT2D eigenvalue weighted by molar-refractivity contribution is -0.120. The minimum absolute atomic E-state index is 0.194. The van der Waals surface area contributed by atoms with Gasteiger partial charge in [0.05, 0.1) is 18.6 Å².